The second-order valence-corrected chi connectivity index (χ2v) is 5.32. The molecule has 1 aromatic carbocycles. The minimum Gasteiger partial charge on any atom is -0.364 e. The van der Waals surface area contributed by atoms with E-state index in [-0.39, 0.29) is 12.0 Å². The predicted molar refractivity (Wildman–Crippen MR) is 76.9 cm³/mol. The standard InChI is InChI=1S/C13H6BrClN2O3/c14-7-4-10-6(3-8(7)15)12(9-1-2-20-17-9)13(16-10)11(19)5-18/h1-5,16H. The molecular weight excluding hydrogens is 348 g/mol. The molecule has 7 heteroatoms. The number of aldehydes is 1. The summed E-state index contributed by atoms with van der Waals surface area (Å²) in [6.07, 6.45) is 1.65. The maximum Gasteiger partial charge on any atom is 0.242 e. The Morgan fingerprint density at radius 1 is 1.45 bits per heavy atom. The van der Waals surface area contributed by atoms with Crippen LogP contribution in [0.15, 0.2) is 33.5 Å². The van der Waals surface area contributed by atoms with Gasteiger partial charge in [0.05, 0.1) is 5.02 Å². The van der Waals surface area contributed by atoms with Crippen LogP contribution >= 0.6 is 27.5 Å². The lowest BCUT2D eigenvalue weighted by molar-refractivity contribution is -0.104. The van der Waals surface area contributed by atoms with E-state index >= 15 is 0 Å². The fourth-order valence-electron chi connectivity index (χ4n) is 2.04. The van der Waals surface area contributed by atoms with Gasteiger partial charge in [-0.1, -0.05) is 16.8 Å². The van der Waals surface area contributed by atoms with Gasteiger partial charge in [0.2, 0.25) is 5.78 Å². The van der Waals surface area contributed by atoms with Gasteiger partial charge in [0.15, 0.2) is 6.29 Å². The van der Waals surface area contributed by atoms with E-state index in [9.17, 15) is 9.59 Å². The zero-order chi connectivity index (χ0) is 14.3. The molecule has 0 radical (unpaired) electrons. The van der Waals surface area contributed by atoms with Crippen molar-refractivity contribution in [2.24, 2.45) is 0 Å². The van der Waals surface area contributed by atoms with Gasteiger partial charge in [-0.25, -0.2) is 0 Å². The van der Waals surface area contributed by atoms with Crippen molar-refractivity contribution in [3.63, 3.8) is 0 Å². The van der Waals surface area contributed by atoms with Gasteiger partial charge < -0.3 is 9.51 Å². The number of rotatable bonds is 3. The van der Waals surface area contributed by atoms with Crippen molar-refractivity contribution in [3.8, 4) is 11.3 Å². The number of nitrogens with zero attached hydrogens (tertiary/aromatic N) is 1. The number of H-pyrrole nitrogens is 1. The molecule has 0 bridgehead atoms. The van der Waals surface area contributed by atoms with Gasteiger partial charge in [0.25, 0.3) is 0 Å². The molecule has 0 saturated heterocycles. The number of aromatic nitrogens is 2. The van der Waals surface area contributed by atoms with Crippen LogP contribution in [0.5, 0.6) is 0 Å². The highest BCUT2D eigenvalue weighted by molar-refractivity contribution is 9.10. The first-order chi connectivity index (χ1) is 9.61. The van der Waals surface area contributed by atoms with Crippen molar-refractivity contribution < 1.29 is 14.1 Å². The molecule has 20 heavy (non-hydrogen) atoms. The molecule has 0 saturated carbocycles. The van der Waals surface area contributed by atoms with E-state index < -0.39 is 5.78 Å². The first-order valence-corrected chi connectivity index (χ1v) is 6.70. The number of aromatic amines is 1. The lowest BCUT2D eigenvalue weighted by Gasteiger charge is -1.98. The molecule has 3 rings (SSSR count). The van der Waals surface area contributed by atoms with Gasteiger partial charge in [0.1, 0.15) is 17.7 Å². The van der Waals surface area contributed by atoms with Gasteiger partial charge in [-0.15, -0.1) is 0 Å². The molecule has 3 aromatic rings. The number of benzene rings is 1. The summed E-state index contributed by atoms with van der Waals surface area (Å²) in [4.78, 5) is 25.5. The van der Waals surface area contributed by atoms with Gasteiger partial charge in [-0.05, 0) is 28.1 Å². The summed E-state index contributed by atoms with van der Waals surface area (Å²) in [7, 11) is 0. The van der Waals surface area contributed by atoms with Crippen LogP contribution in [0, 0.1) is 0 Å². The van der Waals surface area contributed by atoms with Crippen molar-refractivity contribution in [1.82, 2.24) is 10.1 Å². The molecule has 100 valence electrons. The lowest BCUT2D eigenvalue weighted by atomic mass is 10.1. The van der Waals surface area contributed by atoms with Crippen LogP contribution in [-0.4, -0.2) is 22.2 Å². The first kappa shape index (κ1) is 13.1. The van der Waals surface area contributed by atoms with E-state index in [2.05, 4.69) is 26.1 Å². The zero-order valence-electron chi connectivity index (χ0n) is 9.81. The van der Waals surface area contributed by atoms with E-state index in [1.807, 2.05) is 0 Å². The van der Waals surface area contributed by atoms with Crippen LogP contribution in [0.4, 0.5) is 0 Å². The number of ketones is 1. The van der Waals surface area contributed by atoms with Crippen LogP contribution in [0.3, 0.4) is 0 Å². The Balaban J connectivity index is 2.41. The number of nitrogens with one attached hydrogen (secondary N) is 1. The Labute approximate surface area is 126 Å². The average molecular weight is 354 g/mol. The SMILES string of the molecule is O=CC(=O)c1[nH]c2cc(Br)c(Cl)cc2c1-c1ccon1. The lowest BCUT2D eigenvalue weighted by Crippen LogP contribution is -2.02. The van der Waals surface area contributed by atoms with Crippen LogP contribution in [0.25, 0.3) is 22.2 Å². The number of hydrogen-bond donors (Lipinski definition) is 1. The third-order valence-corrected chi connectivity index (χ3v) is 4.08. The molecule has 0 spiro atoms. The normalized spacial score (nSPS) is 10.9. The third-order valence-electron chi connectivity index (χ3n) is 2.89. The molecule has 2 aromatic heterocycles. The Morgan fingerprint density at radius 3 is 2.90 bits per heavy atom. The molecule has 0 unspecified atom stereocenters. The molecule has 5 nitrogen and oxygen atoms in total. The molecule has 0 amide bonds. The predicted octanol–water partition coefficient (Wildman–Crippen LogP) is 3.62. The Morgan fingerprint density at radius 2 is 2.25 bits per heavy atom. The highest BCUT2D eigenvalue weighted by Gasteiger charge is 2.21. The molecule has 0 aliphatic heterocycles. The van der Waals surface area contributed by atoms with Gasteiger partial charge in [-0.3, -0.25) is 9.59 Å². The van der Waals surface area contributed by atoms with Crippen molar-refractivity contribution in [2.45, 2.75) is 0 Å². The van der Waals surface area contributed by atoms with Gasteiger partial charge in [-0.2, -0.15) is 0 Å². The summed E-state index contributed by atoms with van der Waals surface area (Å²) in [5, 5.41) is 5.00. The Kier molecular flexibility index (Phi) is 3.19. The molecule has 1 N–H and O–H groups in total. The summed E-state index contributed by atoms with van der Waals surface area (Å²) >= 11 is 9.40. The van der Waals surface area contributed by atoms with E-state index in [1.165, 1.54) is 6.26 Å². The number of hydrogen-bond acceptors (Lipinski definition) is 4. The summed E-state index contributed by atoms with van der Waals surface area (Å²) in [5.41, 5.74) is 1.79. The van der Waals surface area contributed by atoms with Gasteiger partial charge in [0, 0.05) is 27.0 Å². The van der Waals surface area contributed by atoms with E-state index in [0.29, 0.717) is 31.7 Å². The fourth-order valence-corrected chi connectivity index (χ4v) is 2.55. The van der Waals surface area contributed by atoms with E-state index in [1.54, 1.807) is 18.2 Å². The van der Waals surface area contributed by atoms with Crippen molar-refractivity contribution in [2.75, 3.05) is 0 Å². The van der Waals surface area contributed by atoms with Gasteiger partial charge >= 0.3 is 0 Å². The first-order valence-electron chi connectivity index (χ1n) is 5.53. The summed E-state index contributed by atoms with van der Waals surface area (Å²) in [5.74, 6) is -0.661. The fraction of sp³-hybridized carbons (Fsp3) is 0. The number of carbonyl (C=O) groups is 2. The quantitative estimate of drug-likeness (QED) is 0.443. The number of fused-ring (bicyclic) bond motifs is 1. The maximum atomic E-state index is 11.8. The minimum atomic E-state index is -0.661. The number of halogens is 2. The summed E-state index contributed by atoms with van der Waals surface area (Å²) in [6, 6.07) is 5.05. The molecule has 0 aliphatic carbocycles. The largest absolute Gasteiger partial charge is 0.364 e. The Hall–Kier alpha value is -1.92. The van der Waals surface area contributed by atoms with Crippen LogP contribution in [0.2, 0.25) is 5.02 Å². The van der Waals surface area contributed by atoms with Crippen LogP contribution < -0.4 is 0 Å². The number of carbonyl (C=O) groups excluding carboxylic acids is 2. The highest BCUT2D eigenvalue weighted by atomic mass is 79.9. The monoisotopic (exact) mass is 352 g/mol. The molecule has 0 atom stereocenters. The minimum absolute atomic E-state index is 0.165. The average Bonchev–Trinajstić information content (AvgIpc) is 3.05. The second-order valence-electron chi connectivity index (χ2n) is 4.05. The third kappa shape index (κ3) is 1.97. The molecule has 0 fully saturated rings. The maximum absolute atomic E-state index is 11.8. The van der Waals surface area contributed by atoms with Crippen molar-refractivity contribution in [3.05, 3.63) is 39.7 Å². The molecule has 2 heterocycles. The van der Waals surface area contributed by atoms with Crippen molar-refractivity contribution >= 4 is 50.5 Å². The van der Waals surface area contributed by atoms with Crippen LogP contribution in [-0.2, 0) is 4.79 Å². The topological polar surface area (TPSA) is 76.0 Å². The zero-order valence-corrected chi connectivity index (χ0v) is 12.2. The Bertz CT molecular complexity index is 824. The van der Waals surface area contributed by atoms with E-state index in [0.717, 1.165) is 0 Å². The highest BCUT2D eigenvalue weighted by Crippen LogP contribution is 2.36. The van der Waals surface area contributed by atoms with Crippen LogP contribution in [0.1, 0.15) is 10.5 Å². The smallest absolute Gasteiger partial charge is 0.242 e. The van der Waals surface area contributed by atoms with Crippen molar-refractivity contribution in [1.29, 1.82) is 0 Å². The summed E-state index contributed by atoms with van der Waals surface area (Å²) in [6.45, 7) is 0. The number of Topliss-reactive ketones (excluding diaryl/α,β-unsaturated/α-hetero) is 1. The summed E-state index contributed by atoms with van der Waals surface area (Å²) < 4.78 is 5.49. The second kappa shape index (κ2) is 4.88. The molecule has 0 aliphatic rings. The molecular formula is C13H6BrClN2O3. The van der Waals surface area contributed by atoms with E-state index in [4.69, 9.17) is 16.1 Å².